The largest absolute Gasteiger partial charge is 0.468 e. The van der Waals surface area contributed by atoms with Crippen LogP contribution in [0.3, 0.4) is 0 Å². The molecule has 1 atom stereocenters. The molecule has 9 nitrogen and oxygen atoms in total. The second-order valence-electron chi connectivity index (χ2n) is 5.10. The highest BCUT2D eigenvalue weighted by Crippen LogP contribution is 2.22. The molecule has 2 aliphatic rings. The van der Waals surface area contributed by atoms with Crippen molar-refractivity contribution in [2.75, 3.05) is 25.2 Å². The summed E-state index contributed by atoms with van der Waals surface area (Å²) in [5.74, 6) is -1.59. The summed E-state index contributed by atoms with van der Waals surface area (Å²) in [7, 11) is -1.95. The maximum absolute atomic E-state index is 11.9. The SMILES string of the molecule is COC(=O)CNC(=O)C1=NN([C@@H]2CCS(=O)(=O)C2)C(=O)CC1. The Kier molecular flexibility index (Phi) is 4.79. The summed E-state index contributed by atoms with van der Waals surface area (Å²) in [5, 5.41) is 7.43. The quantitative estimate of drug-likeness (QED) is 0.622. The van der Waals surface area contributed by atoms with E-state index in [1.165, 1.54) is 7.11 Å². The van der Waals surface area contributed by atoms with Crippen LogP contribution in [0.15, 0.2) is 5.10 Å². The van der Waals surface area contributed by atoms with Gasteiger partial charge in [-0.3, -0.25) is 14.4 Å². The number of sulfone groups is 1. The van der Waals surface area contributed by atoms with E-state index in [1.807, 2.05) is 0 Å². The predicted molar refractivity (Wildman–Crippen MR) is 75.6 cm³/mol. The average molecular weight is 331 g/mol. The van der Waals surface area contributed by atoms with Crippen molar-refractivity contribution < 1.29 is 27.5 Å². The Morgan fingerprint density at radius 1 is 1.41 bits per heavy atom. The number of ether oxygens (including phenoxy) is 1. The number of rotatable bonds is 4. The number of methoxy groups -OCH3 is 1. The second kappa shape index (κ2) is 6.42. The zero-order valence-electron chi connectivity index (χ0n) is 12.1. The van der Waals surface area contributed by atoms with Crippen LogP contribution in [0.1, 0.15) is 19.3 Å². The van der Waals surface area contributed by atoms with Crippen molar-refractivity contribution >= 4 is 33.3 Å². The van der Waals surface area contributed by atoms with Gasteiger partial charge in [-0.15, -0.1) is 0 Å². The molecule has 1 saturated heterocycles. The molecule has 22 heavy (non-hydrogen) atoms. The van der Waals surface area contributed by atoms with Crippen LogP contribution in [0.4, 0.5) is 0 Å². The minimum atomic E-state index is -3.16. The highest BCUT2D eigenvalue weighted by molar-refractivity contribution is 7.91. The zero-order chi connectivity index (χ0) is 16.3. The van der Waals surface area contributed by atoms with Gasteiger partial charge in [-0.1, -0.05) is 0 Å². The average Bonchev–Trinajstić information content (AvgIpc) is 2.84. The van der Waals surface area contributed by atoms with E-state index >= 15 is 0 Å². The number of hydrogen-bond donors (Lipinski definition) is 1. The van der Waals surface area contributed by atoms with Crippen LogP contribution >= 0.6 is 0 Å². The van der Waals surface area contributed by atoms with Gasteiger partial charge >= 0.3 is 5.97 Å². The molecule has 1 N–H and O–H groups in total. The van der Waals surface area contributed by atoms with E-state index in [4.69, 9.17) is 0 Å². The number of carbonyl (C=O) groups excluding carboxylic acids is 3. The Balaban J connectivity index is 2.06. The summed E-state index contributed by atoms with van der Waals surface area (Å²) in [6.07, 6.45) is 0.553. The Hall–Kier alpha value is -1.97. The Labute approximate surface area is 127 Å². The molecule has 2 heterocycles. The molecule has 0 unspecified atom stereocenters. The molecule has 0 bridgehead atoms. The Bertz CT molecular complexity index is 627. The lowest BCUT2D eigenvalue weighted by atomic mass is 10.1. The third-order valence-corrected chi connectivity index (χ3v) is 5.25. The van der Waals surface area contributed by atoms with Crippen LogP contribution in [0.5, 0.6) is 0 Å². The number of hydrazone groups is 1. The van der Waals surface area contributed by atoms with Gasteiger partial charge in [0.15, 0.2) is 9.84 Å². The molecule has 1 fully saturated rings. The fourth-order valence-electron chi connectivity index (χ4n) is 2.31. The molecule has 0 spiro atoms. The topological polar surface area (TPSA) is 122 Å². The highest BCUT2D eigenvalue weighted by Gasteiger charge is 2.37. The Morgan fingerprint density at radius 3 is 2.73 bits per heavy atom. The third-order valence-electron chi connectivity index (χ3n) is 3.50. The molecule has 122 valence electrons. The lowest BCUT2D eigenvalue weighted by Gasteiger charge is -2.27. The molecule has 0 aromatic carbocycles. The van der Waals surface area contributed by atoms with E-state index < -0.39 is 27.8 Å². The normalized spacial score (nSPS) is 23.9. The van der Waals surface area contributed by atoms with Crippen LogP contribution in [-0.2, 0) is 29.0 Å². The third kappa shape index (κ3) is 3.81. The molecule has 2 rings (SSSR count). The first-order valence-electron chi connectivity index (χ1n) is 6.77. The number of amides is 2. The first-order valence-corrected chi connectivity index (χ1v) is 8.59. The number of nitrogens with zero attached hydrogens (tertiary/aromatic N) is 2. The van der Waals surface area contributed by atoms with Crippen LogP contribution < -0.4 is 5.32 Å². The maximum Gasteiger partial charge on any atom is 0.325 e. The van der Waals surface area contributed by atoms with Crippen molar-refractivity contribution in [3.8, 4) is 0 Å². The van der Waals surface area contributed by atoms with E-state index in [9.17, 15) is 22.8 Å². The lowest BCUT2D eigenvalue weighted by Crippen LogP contribution is -2.44. The Morgan fingerprint density at radius 2 is 2.14 bits per heavy atom. The molecular weight excluding hydrogens is 314 g/mol. The summed E-state index contributed by atoms with van der Waals surface area (Å²) >= 11 is 0. The monoisotopic (exact) mass is 331 g/mol. The van der Waals surface area contributed by atoms with E-state index in [2.05, 4.69) is 15.2 Å². The number of nitrogens with one attached hydrogen (secondary N) is 1. The smallest absolute Gasteiger partial charge is 0.325 e. The van der Waals surface area contributed by atoms with Gasteiger partial charge in [0, 0.05) is 12.8 Å². The highest BCUT2D eigenvalue weighted by atomic mass is 32.2. The van der Waals surface area contributed by atoms with Gasteiger partial charge in [0.1, 0.15) is 12.3 Å². The number of carbonyl (C=O) groups is 3. The summed E-state index contributed by atoms with van der Waals surface area (Å²) in [4.78, 5) is 34.8. The van der Waals surface area contributed by atoms with Crippen LogP contribution in [0.25, 0.3) is 0 Å². The zero-order valence-corrected chi connectivity index (χ0v) is 12.9. The van der Waals surface area contributed by atoms with Gasteiger partial charge in [-0.05, 0) is 6.42 Å². The molecule has 2 aliphatic heterocycles. The van der Waals surface area contributed by atoms with Crippen molar-refractivity contribution in [3.63, 3.8) is 0 Å². The van der Waals surface area contributed by atoms with E-state index in [-0.39, 0.29) is 42.5 Å². The summed E-state index contributed by atoms with van der Waals surface area (Å²) < 4.78 is 27.4. The van der Waals surface area contributed by atoms with E-state index in [0.717, 1.165) is 5.01 Å². The summed E-state index contributed by atoms with van der Waals surface area (Å²) in [6, 6.07) is -0.527. The van der Waals surface area contributed by atoms with Gasteiger partial charge in [-0.2, -0.15) is 5.10 Å². The summed E-state index contributed by atoms with van der Waals surface area (Å²) in [5.41, 5.74) is 0.104. The van der Waals surface area contributed by atoms with Crippen molar-refractivity contribution in [3.05, 3.63) is 0 Å². The van der Waals surface area contributed by atoms with Gasteiger partial charge in [0.25, 0.3) is 5.91 Å². The van der Waals surface area contributed by atoms with E-state index in [1.54, 1.807) is 0 Å². The molecule has 0 aromatic heterocycles. The molecule has 0 aromatic rings. The van der Waals surface area contributed by atoms with Crippen molar-refractivity contribution in [1.82, 2.24) is 10.3 Å². The fraction of sp³-hybridized carbons (Fsp3) is 0.667. The van der Waals surface area contributed by atoms with Crippen molar-refractivity contribution in [2.24, 2.45) is 5.10 Å². The molecule has 10 heteroatoms. The van der Waals surface area contributed by atoms with Crippen molar-refractivity contribution in [2.45, 2.75) is 25.3 Å². The number of hydrogen-bond acceptors (Lipinski definition) is 7. The van der Waals surface area contributed by atoms with Gasteiger partial charge in [-0.25, -0.2) is 13.4 Å². The van der Waals surface area contributed by atoms with E-state index in [0.29, 0.717) is 6.42 Å². The van der Waals surface area contributed by atoms with Crippen LogP contribution in [0, 0.1) is 0 Å². The van der Waals surface area contributed by atoms with Crippen LogP contribution in [-0.4, -0.2) is 68.1 Å². The standard InChI is InChI=1S/C12H17N3O6S/c1-21-11(17)6-13-12(18)9-2-3-10(16)15(14-9)8-4-5-22(19,20)7-8/h8H,2-7H2,1H3,(H,13,18)/t8-/m1/s1. The van der Waals surface area contributed by atoms with Gasteiger partial charge in [0.2, 0.25) is 5.91 Å². The first-order chi connectivity index (χ1) is 10.3. The lowest BCUT2D eigenvalue weighted by molar-refractivity contribution is -0.140. The molecule has 2 amide bonds. The van der Waals surface area contributed by atoms with Gasteiger partial charge < -0.3 is 10.1 Å². The minimum absolute atomic E-state index is 0.0147. The molecule has 0 radical (unpaired) electrons. The van der Waals surface area contributed by atoms with Crippen LogP contribution in [0.2, 0.25) is 0 Å². The second-order valence-corrected chi connectivity index (χ2v) is 7.33. The van der Waals surface area contributed by atoms with Crippen molar-refractivity contribution in [1.29, 1.82) is 0 Å². The summed E-state index contributed by atoms with van der Waals surface area (Å²) in [6.45, 7) is -0.292. The number of esters is 1. The molecular formula is C12H17N3O6S. The molecule has 0 saturated carbocycles. The minimum Gasteiger partial charge on any atom is -0.468 e. The van der Waals surface area contributed by atoms with Gasteiger partial charge in [0.05, 0.1) is 24.7 Å². The maximum atomic E-state index is 11.9. The first kappa shape index (κ1) is 16.4. The fourth-order valence-corrected chi connectivity index (χ4v) is 4.01. The predicted octanol–water partition coefficient (Wildman–Crippen LogP) is -1.56. The molecule has 0 aliphatic carbocycles.